The molecule has 0 fully saturated rings. The molecule has 3 aromatic rings. The summed E-state index contributed by atoms with van der Waals surface area (Å²) in [6.07, 6.45) is -0.190. The molecule has 0 spiro atoms. The fourth-order valence-corrected chi connectivity index (χ4v) is 6.28. The van der Waals surface area contributed by atoms with Crippen LogP contribution in [0, 0.1) is 0 Å². The van der Waals surface area contributed by atoms with E-state index in [9.17, 15) is 4.57 Å². The molecule has 0 aliphatic carbocycles. The van der Waals surface area contributed by atoms with E-state index in [1.165, 1.54) is 5.56 Å². The standard InChI is InChI=1S/C27H35N2O2P/c1-20(2)22-12-14-23(15-13-22)27(28-24-10-8-7-9-11-24)32(30,31-21(3)4)26-18-16-25(17-19-26)29(5)6/h7-21,27-28H,1-6H3/t27-,32-/m1/s1. The van der Waals surface area contributed by atoms with Crippen molar-refractivity contribution < 1.29 is 9.09 Å². The maximum Gasteiger partial charge on any atom is 0.258 e. The number of para-hydroxylation sites is 1. The quantitative estimate of drug-likeness (QED) is 0.356. The lowest BCUT2D eigenvalue weighted by molar-refractivity contribution is 0.245. The van der Waals surface area contributed by atoms with Crippen molar-refractivity contribution in [3.05, 3.63) is 90.0 Å². The highest BCUT2D eigenvalue weighted by atomic mass is 31.2. The first-order chi connectivity index (χ1) is 15.2. The predicted molar refractivity (Wildman–Crippen MR) is 138 cm³/mol. The first-order valence-corrected chi connectivity index (χ1v) is 12.9. The molecule has 0 amide bonds. The molecule has 0 aromatic heterocycles. The van der Waals surface area contributed by atoms with E-state index in [-0.39, 0.29) is 6.10 Å². The number of hydrogen-bond acceptors (Lipinski definition) is 4. The van der Waals surface area contributed by atoms with Crippen LogP contribution >= 0.6 is 7.37 Å². The van der Waals surface area contributed by atoms with Crippen LogP contribution < -0.4 is 15.5 Å². The average Bonchev–Trinajstić information content (AvgIpc) is 2.77. The molecule has 1 N–H and O–H groups in total. The summed E-state index contributed by atoms with van der Waals surface area (Å²) < 4.78 is 21.0. The highest BCUT2D eigenvalue weighted by Gasteiger charge is 2.38. The van der Waals surface area contributed by atoms with Gasteiger partial charge in [-0.15, -0.1) is 0 Å². The lowest BCUT2D eigenvalue weighted by Crippen LogP contribution is -2.23. The third-order valence-electron chi connectivity index (χ3n) is 5.43. The minimum Gasteiger partial charge on any atom is -0.378 e. The van der Waals surface area contributed by atoms with Gasteiger partial charge in [0.05, 0.1) is 6.10 Å². The van der Waals surface area contributed by atoms with E-state index in [0.717, 1.165) is 16.9 Å². The maximum absolute atomic E-state index is 14.7. The molecule has 32 heavy (non-hydrogen) atoms. The number of nitrogens with zero attached hydrogens (tertiary/aromatic N) is 1. The molecule has 0 bridgehead atoms. The Morgan fingerprint density at radius 2 is 1.34 bits per heavy atom. The van der Waals surface area contributed by atoms with Crippen LogP contribution in [-0.4, -0.2) is 20.2 Å². The van der Waals surface area contributed by atoms with Crippen LogP contribution in [-0.2, 0) is 9.09 Å². The van der Waals surface area contributed by atoms with Crippen molar-refractivity contribution in [1.29, 1.82) is 0 Å². The van der Waals surface area contributed by atoms with Crippen molar-refractivity contribution in [2.45, 2.75) is 45.5 Å². The van der Waals surface area contributed by atoms with Crippen LogP contribution in [0.25, 0.3) is 0 Å². The molecule has 170 valence electrons. The first-order valence-electron chi connectivity index (χ1n) is 11.2. The molecule has 0 radical (unpaired) electrons. The Morgan fingerprint density at radius 3 is 1.84 bits per heavy atom. The van der Waals surface area contributed by atoms with Gasteiger partial charge in [0, 0.05) is 30.8 Å². The summed E-state index contributed by atoms with van der Waals surface area (Å²) in [5.74, 6) is -0.0828. The SMILES string of the molecule is CC(C)O[P@](=O)(c1ccc(N(C)C)cc1)[C@@H](Nc1ccccc1)c1ccc(C(C)C)cc1. The Labute approximate surface area is 193 Å². The van der Waals surface area contributed by atoms with Gasteiger partial charge >= 0.3 is 0 Å². The minimum atomic E-state index is -3.34. The normalized spacial score (nSPS) is 14.2. The zero-order chi connectivity index (χ0) is 23.3. The molecule has 2 atom stereocenters. The summed E-state index contributed by atoms with van der Waals surface area (Å²) in [4.78, 5) is 2.03. The van der Waals surface area contributed by atoms with Gasteiger partial charge in [0.2, 0.25) is 0 Å². The van der Waals surface area contributed by atoms with Crippen molar-refractivity contribution in [3.63, 3.8) is 0 Å². The van der Waals surface area contributed by atoms with E-state index in [2.05, 4.69) is 43.4 Å². The van der Waals surface area contributed by atoms with Crippen LogP contribution in [0.15, 0.2) is 78.9 Å². The van der Waals surface area contributed by atoms with Gasteiger partial charge in [-0.2, -0.15) is 0 Å². The van der Waals surface area contributed by atoms with E-state index in [1.807, 2.05) is 87.4 Å². The van der Waals surface area contributed by atoms with Crippen molar-refractivity contribution >= 4 is 24.0 Å². The van der Waals surface area contributed by atoms with Gasteiger partial charge in [-0.3, -0.25) is 4.57 Å². The molecule has 0 saturated carbocycles. The number of benzene rings is 3. The second kappa shape index (κ2) is 10.4. The molecule has 0 unspecified atom stereocenters. The molecule has 0 aliphatic heterocycles. The van der Waals surface area contributed by atoms with Crippen molar-refractivity contribution in [2.75, 3.05) is 24.3 Å². The maximum atomic E-state index is 14.7. The van der Waals surface area contributed by atoms with Crippen LogP contribution in [0.1, 0.15) is 50.5 Å². The summed E-state index contributed by atoms with van der Waals surface area (Å²) in [5.41, 5.74) is 4.16. The zero-order valence-corrected chi connectivity index (χ0v) is 20.8. The predicted octanol–water partition coefficient (Wildman–Crippen LogP) is 7.02. The number of rotatable bonds is 9. The Balaban J connectivity index is 2.12. The summed E-state index contributed by atoms with van der Waals surface area (Å²) in [5, 5.41) is 4.23. The molecule has 3 aromatic carbocycles. The van der Waals surface area contributed by atoms with Gasteiger partial charge in [0.25, 0.3) is 7.37 Å². The van der Waals surface area contributed by atoms with Crippen LogP contribution in [0.5, 0.6) is 0 Å². The summed E-state index contributed by atoms with van der Waals surface area (Å²) in [7, 11) is 0.647. The summed E-state index contributed by atoms with van der Waals surface area (Å²) in [6.45, 7) is 8.21. The molecule has 0 heterocycles. The van der Waals surface area contributed by atoms with Crippen LogP contribution in [0.2, 0.25) is 0 Å². The molecular formula is C27H35N2O2P. The third-order valence-corrected chi connectivity index (χ3v) is 8.29. The molecule has 3 rings (SSSR count). The zero-order valence-electron chi connectivity index (χ0n) is 19.9. The van der Waals surface area contributed by atoms with Crippen molar-refractivity contribution in [2.24, 2.45) is 0 Å². The van der Waals surface area contributed by atoms with E-state index in [0.29, 0.717) is 11.2 Å². The number of nitrogens with one attached hydrogen (secondary N) is 1. The number of anilines is 2. The highest BCUT2D eigenvalue weighted by molar-refractivity contribution is 7.67. The fourth-order valence-electron chi connectivity index (χ4n) is 3.66. The van der Waals surface area contributed by atoms with Crippen LogP contribution in [0.3, 0.4) is 0 Å². The van der Waals surface area contributed by atoms with Gasteiger partial charge in [0.15, 0.2) is 0 Å². The first kappa shape index (κ1) is 24.1. The van der Waals surface area contributed by atoms with Gasteiger partial charge in [0.1, 0.15) is 5.78 Å². The van der Waals surface area contributed by atoms with Crippen molar-refractivity contribution in [3.8, 4) is 0 Å². The largest absolute Gasteiger partial charge is 0.378 e. The Morgan fingerprint density at radius 1 is 0.781 bits per heavy atom. The monoisotopic (exact) mass is 450 g/mol. The molecule has 4 nitrogen and oxygen atoms in total. The van der Waals surface area contributed by atoms with E-state index >= 15 is 0 Å². The van der Waals surface area contributed by atoms with Gasteiger partial charge < -0.3 is 14.7 Å². The van der Waals surface area contributed by atoms with E-state index in [1.54, 1.807) is 0 Å². The Bertz CT molecular complexity index is 1030. The smallest absolute Gasteiger partial charge is 0.258 e. The topological polar surface area (TPSA) is 41.6 Å². The van der Waals surface area contributed by atoms with Crippen LogP contribution in [0.4, 0.5) is 11.4 Å². The Hall–Kier alpha value is -2.55. The van der Waals surface area contributed by atoms with Gasteiger partial charge in [-0.25, -0.2) is 0 Å². The average molecular weight is 451 g/mol. The van der Waals surface area contributed by atoms with Gasteiger partial charge in [-0.1, -0.05) is 56.3 Å². The third kappa shape index (κ3) is 5.62. The number of hydrogen-bond donors (Lipinski definition) is 1. The van der Waals surface area contributed by atoms with Gasteiger partial charge in [-0.05, 0) is 67.3 Å². The molecular weight excluding hydrogens is 415 g/mol. The minimum absolute atomic E-state index is 0.190. The van der Waals surface area contributed by atoms with E-state index in [4.69, 9.17) is 4.52 Å². The Kier molecular flexibility index (Phi) is 7.82. The fraction of sp³-hybridized carbons (Fsp3) is 0.333. The molecule has 0 aliphatic rings. The second-order valence-corrected chi connectivity index (χ2v) is 11.3. The molecule has 5 heteroatoms. The highest BCUT2D eigenvalue weighted by Crippen LogP contribution is 2.59. The molecule has 0 saturated heterocycles. The lowest BCUT2D eigenvalue weighted by Gasteiger charge is -2.31. The van der Waals surface area contributed by atoms with E-state index < -0.39 is 13.2 Å². The van der Waals surface area contributed by atoms with Crippen molar-refractivity contribution in [1.82, 2.24) is 0 Å². The summed E-state index contributed by atoms with van der Waals surface area (Å²) >= 11 is 0. The lowest BCUT2D eigenvalue weighted by atomic mass is 10.0. The summed E-state index contributed by atoms with van der Waals surface area (Å²) in [6, 6.07) is 26.1. The second-order valence-electron chi connectivity index (χ2n) is 8.90.